The summed E-state index contributed by atoms with van der Waals surface area (Å²) in [6, 6.07) is 0.442. The van der Waals surface area contributed by atoms with E-state index in [9.17, 15) is 19.8 Å². The molecule has 7 heteroatoms. The van der Waals surface area contributed by atoms with Crippen molar-refractivity contribution >= 4 is 12.1 Å². The van der Waals surface area contributed by atoms with Gasteiger partial charge in [-0.05, 0) is 45.7 Å². The molecule has 1 aromatic rings. The standard InChI is InChI=1S/C17H25NO6/c1-9-7-11(13(19)14(23-6)10(9)2)8-12(15(20)21)18-16(22)24-17(3,4)5/h7,12,19H,8H2,1-6H3,(H,18,22)(H,20,21). The zero-order valence-corrected chi connectivity index (χ0v) is 14.9. The number of benzene rings is 1. The number of phenolic OH excluding ortho intramolecular Hbond substituents is 1. The van der Waals surface area contributed by atoms with Crippen molar-refractivity contribution in [1.29, 1.82) is 0 Å². The summed E-state index contributed by atoms with van der Waals surface area (Å²) < 4.78 is 10.3. The first-order valence-corrected chi connectivity index (χ1v) is 7.54. The van der Waals surface area contributed by atoms with Crippen LogP contribution in [0.3, 0.4) is 0 Å². The van der Waals surface area contributed by atoms with Crippen molar-refractivity contribution in [2.24, 2.45) is 0 Å². The first-order valence-electron chi connectivity index (χ1n) is 7.54. The summed E-state index contributed by atoms with van der Waals surface area (Å²) in [7, 11) is 1.43. The van der Waals surface area contributed by atoms with Gasteiger partial charge in [0.25, 0.3) is 0 Å². The number of aryl methyl sites for hydroxylation is 1. The van der Waals surface area contributed by atoms with Crippen LogP contribution in [0, 0.1) is 13.8 Å². The van der Waals surface area contributed by atoms with Gasteiger partial charge in [0.1, 0.15) is 11.6 Å². The topological polar surface area (TPSA) is 105 Å². The molecule has 134 valence electrons. The number of hydrogen-bond donors (Lipinski definition) is 3. The van der Waals surface area contributed by atoms with E-state index in [1.165, 1.54) is 7.11 Å². The fourth-order valence-corrected chi connectivity index (χ4v) is 2.22. The molecule has 1 atom stereocenters. The first-order chi connectivity index (χ1) is 11.0. The zero-order valence-electron chi connectivity index (χ0n) is 14.9. The Hall–Kier alpha value is -2.44. The minimum atomic E-state index is -1.24. The molecule has 0 saturated heterocycles. The second-order valence-electron chi connectivity index (χ2n) is 6.60. The number of carbonyl (C=O) groups excluding carboxylic acids is 1. The minimum absolute atomic E-state index is 0.0993. The van der Waals surface area contributed by atoms with Gasteiger partial charge < -0.3 is 25.0 Å². The van der Waals surface area contributed by atoms with Crippen LogP contribution < -0.4 is 10.1 Å². The van der Waals surface area contributed by atoms with Gasteiger partial charge in [0, 0.05) is 12.0 Å². The number of phenols is 1. The van der Waals surface area contributed by atoms with Crippen molar-refractivity contribution in [3.05, 3.63) is 22.8 Å². The number of carbonyl (C=O) groups is 2. The molecule has 1 unspecified atom stereocenters. The quantitative estimate of drug-likeness (QED) is 0.761. The van der Waals surface area contributed by atoms with Crippen LogP contribution in [-0.2, 0) is 16.0 Å². The molecular formula is C17H25NO6. The number of carboxylic acid groups (broad SMARTS) is 1. The molecule has 3 N–H and O–H groups in total. The summed E-state index contributed by atoms with van der Waals surface area (Å²) in [6.45, 7) is 8.68. The van der Waals surface area contributed by atoms with Gasteiger partial charge in [-0.2, -0.15) is 0 Å². The van der Waals surface area contributed by atoms with Gasteiger partial charge in [0.15, 0.2) is 11.5 Å². The van der Waals surface area contributed by atoms with E-state index in [1.54, 1.807) is 33.8 Å². The second-order valence-corrected chi connectivity index (χ2v) is 6.60. The summed E-state index contributed by atoms with van der Waals surface area (Å²) in [5.74, 6) is -1.05. The van der Waals surface area contributed by atoms with Crippen molar-refractivity contribution in [2.75, 3.05) is 7.11 Å². The Balaban J connectivity index is 3.04. The number of rotatable bonds is 5. The van der Waals surface area contributed by atoms with Crippen LogP contribution in [0.5, 0.6) is 11.5 Å². The molecule has 0 radical (unpaired) electrons. The minimum Gasteiger partial charge on any atom is -0.504 e. The molecule has 1 rings (SSSR count). The van der Waals surface area contributed by atoms with E-state index in [0.29, 0.717) is 11.3 Å². The zero-order chi connectivity index (χ0) is 18.7. The van der Waals surface area contributed by atoms with Crippen LogP contribution in [0.1, 0.15) is 37.5 Å². The van der Waals surface area contributed by atoms with Gasteiger partial charge >= 0.3 is 12.1 Å². The summed E-state index contributed by atoms with van der Waals surface area (Å²) in [5, 5.41) is 21.9. The molecule has 1 amide bonds. The Kier molecular flexibility index (Phi) is 6.06. The number of nitrogens with one attached hydrogen (secondary N) is 1. The summed E-state index contributed by atoms with van der Waals surface area (Å²) in [5.41, 5.74) is 1.25. The van der Waals surface area contributed by atoms with E-state index in [0.717, 1.165) is 11.1 Å². The van der Waals surface area contributed by atoms with E-state index in [-0.39, 0.29) is 12.2 Å². The van der Waals surface area contributed by atoms with Crippen LogP contribution in [0.25, 0.3) is 0 Å². The summed E-state index contributed by atoms with van der Waals surface area (Å²) in [4.78, 5) is 23.2. The van der Waals surface area contributed by atoms with Crippen LogP contribution in [-0.4, -0.2) is 41.0 Å². The third-order valence-corrected chi connectivity index (χ3v) is 3.46. The largest absolute Gasteiger partial charge is 0.504 e. The molecular weight excluding hydrogens is 314 g/mol. The monoisotopic (exact) mass is 339 g/mol. The molecule has 0 aliphatic carbocycles. The number of aromatic hydroxyl groups is 1. The molecule has 24 heavy (non-hydrogen) atoms. The predicted molar refractivity (Wildman–Crippen MR) is 88.6 cm³/mol. The van der Waals surface area contributed by atoms with Gasteiger partial charge in [-0.1, -0.05) is 6.07 Å². The normalized spacial score (nSPS) is 12.4. The van der Waals surface area contributed by atoms with Gasteiger partial charge in [-0.3, -0.25) is 0 Å². The Bertz CT molecular complexity index is 633. The van der Waals surface area contributed by atoms with E-state index in [1.807, 2.05) is 6.92 Å². The number of alkyl carbamates (subject to hydrolysis) is 1. The van der Waals surface area contributed by atoms with E-state index >= 15 is 0 Å². The lowest BCUT2D eigenvalue weighted by molar-refractivity contribution is -0.139. The highest BCUT2D eigenvalue weighted by atomic mass is 16.6. The number of ether oxygens (including phenoxy) is 2. The molecule has 0 aliphatic heterocycles. The maximum absolute atomic E-state index is 11.8. The van der Waals surface area contributed by atoms with Gasteiger partial charge in [-0.25, -0.2) is 9.59 Å². The highest BCUT2D eigenvalue weighted by Crippen LogP contribution is 2.36. The van der Waals surface area contributed by atoms with Crippen LogP contribution in [0.4, 0.5) is 4.79 Å². The highest BCUT2D eigenvalue weighted by Gasteiger charge is 2.26. The smallest absolute Gasteiger partial charge is 0.408 e. The SMILES string of the molecule is COc1c(C)c(C)cc(CC(NC(=O)OC(C)(C)C)C(=O)O)c1O. The van der Waals surface area contributed by atoms with Gasteiger partial charge in [0.05, 0.1) is 7.11 Å². The Morgan fingerprint density at radius 1 is 1.29 bits per heavy atom. The number of methoxy groups -OCH3 is 1. The fourth-order valence-electron chi connectivity index (χ4n) is 2.22. The predicted octanol–water partition coefficient (Wildman–Crippen LogP) is 2.54. The molecule has 7 nitrogen and oxygen atoms in total. The lowest BCUT2D eigenvalue weighted by Gasteiger charge is -2.22. The third-order valence-electron chi connectivity index (χ3n) is 3.46. The number of amides is 1. The summed E-state index contributed by atoms with van der Waals surface area (Å²) in [6.07, 6.45) is -0.928. The van der Waals surface area contributed by atoms with Crippen molar-refractivity contribution in [3.63, 3.8) is 0 Å². The van der Waals surface area contributed by atoms with E-state index in [4.69, 9.17) is 9.47 Å². The average Bonchev–Trinajstić information content (AvgIpc) is 2.42. The number of carboxylic acids is 1. The Morgan fingerprint density at radius 2 is 1.88 bits per heavy atom. The second kappa shape index (κ2) is 7.42. The van der Waals surface area contributed by atoms with Crippen LogP contribution in [0.2, 0.25) is 0 Å². The lowest BCUT2D eigenvalue weighted by Crippen LogP contribution is -2.44. The highest BCUT2D eigenvalue weighted by molar-refractivity contribution is 5.80. The maximum Gasteiger partial charge on any atom is 0.408 e. The van der Waals surface area contributed by atoms with Crippen LogP contribution in [0.15, 0.2) is 6.07 Å². The lowest BCUT2D eigenvalue weighted by atomic mass is 9.98. The van der Waals surface area contributed by atoms with Gasteiger partial charge in [-0.15, -0.1) is 0 Å². The molecule has 1 aromatic carbocycles. The first kappa shape index (κ1) is 19.6. The Labute approximate surface area is 141 Å². The van der Waals surface area contributed by atoms with Crippen molar-refractivity contribution in [3.8, 4) is 11.5 Å². The molecule has 0 aromatic heterocycles. The number of hydrogen-bond acceptors (Lipinski definition) is 5. The maximum atomic E-state index is 11.8. The molecule has 0 aliphatic rings. The average molecular weight is 339 g/mol. The van der Waals surface area contributed by atoms with Crippen molar-refractivity contribution < 1.29 is 29.3 Å². The molecule has 0 saturated carbocycles. The van der Waals surface area contributed by atoms with E-state index in [2.05, 4.69) is 5.32 Å². The molecule has 0 bridgehead atoms. The molecule has 0 fully saturated rings. The Morgan fingerprint density at radius 3 is 2.33 bits per heavy atom. The van der Waals surface area contributed by atoms with E-state index < -0.39 is 23.7 Å². The summed E-state index contributed by atoms with van der Waals surface area (Å²) >= 11 is 0. The fraction of sp³-hybridized carbons (Fsp3) is 0.529. The van der Waals surface area contributed by atoms with Crippen molar-refractivity contribution in [1.82, 2.24) is 5.32 Å². The van der Waals surface area contributed by atoms with Crippen LogP contribution >= 0.6 is 0 Å². The molecule has 0 heterocycles. The van der Waals surface area contributed by atoms with Crippen molar-refractivity contribution in [2.45, 2.75) is 52.7 Å². The number of aliphatic carboxylic acids is 1. The van der Waals surface area contributed by atoms with Gasteiger partial charge in [0.2, 0.25) is 0 Å². The third kappa shape index (κ3) is 5.04. The molecule has 0 spiro atoms.